The highest BCUT2D eigenvalue weighted by molar-refractivity contribution is 9.09. The van der Waals surface area contributed by atoms with E-state index in [1.807, 2.05) is 13.8 Å². The first-order chi connectivity index (χ1) is 6.08. The Bertz CT molecular complexity index is 216. The van der Waals surface area contributed by atoms with Crippen molar-refractivity contribution in [3.63, 3.8) is 0 Å². The summed E-state index contributed by atoms with van der Waals surface area (Å²) in [6.07, 6.45) is 1.67. The quantitative estimate of drug-likeness (QED) is 0.663. The summed E-state index contributed by atoms with van der Waals surface area (Å²) in [5.74, 6) is 0.282. The molecule has 0 heterocycles. The second kappa shape index (κ2) is 6.79. The molecule has 80 valence electrons. The molecule has 0 N–H and O–H groups in total. The van der Waals surface area contributed by atoms with E-state index in [4.69, 9.17) is 0 Å². The van der Waals surface area contributed by atoms with E-state index >= 15 is 0 Å². The predicted molar refractivity (Wildman–Crippen MR) is 59.7 cm³/mol. The molecular weight excluding hydrogens is 254 g/mol. The smallest absolute Gasteiger partial charge is 0.212 e. The average molecular weight is 272 g/mol. The summed E-state index contributed by atoms with van der Waals surface area (Å²) in [5.41, 5.74) is 0. The van der Waals surface area contributed by atoms with E-state index in [2.05, 4.69) is 15.9 Å². The lowest BCUT2D eigenvalue weighted by molar-refractivity contribution is 0.447. The Labute approximate surface area is 89.7 Å². The van der Waals surface area contributed by atoms with Gasteiger partial charge in [0.1, 0.15) is 0 Å². The van der Waals surface area contributed by atoms with Crippen LogP contribution in [0.25, 0.3) is 0 Å². The Hall–Kier alpha value is 0.390. The molecular formula is C8H18BrNO2S. The minimum absolute atomic E-state index is 0.282. The van der Waals surface area contributed by atoms with Crippen molar-refractivity contribution < 1.29 is 8.42 Å². The van der Waals surface area contributed by atoms with E-state index in [0.717, 1.165) is 12.8 Å². The second-order valence-electron chi connectivity index (χ2n) is 2.85. The van der Waals surface area contributed by atoms with Crippen LogP contribution in [0.1, 0.15) is 26.7 Å². The molecule has 0 fully saturated rings. The maximum absolute atomic E-state index is 11.6. The van der Waals surface area contributed by atoms with Crippen LogP contribution < -0.4 is 0 Å². The lowest BCUT2D eigenvalue weighted by Gasteiger charge is -2.18. The molecule has 0 unspecified atom stereocenters. The third-order valence-electron chi connectivity index (χ3n) is 1.84. The van der Waals surface area contributed by atoms with Gasteiger partial charge in [0.2, 0.25) is 10.0 Å². The standard InChI is InChI=1S/C8H18BrNO2S/c1-3-5-8-13(11,12)10(4-2)7-6-9/h3-8H2,1-2H3. The summed E-state index contributed by atoms with van der Waals surface area (Å²) in [7, 11) is -2.99. The van der Waals surface area contributed by atoms with Gasteiger partial charge in [0, 0.05) is 18.4 Å². The van der Waals surface area contributed by atoms with Gasteiger partial charge in [-0.25, -0.2) is 12.7 Å². The van der Waals surface area contributed by atoms with Crippen LogP contribution in [0.4, 0.5) is 0 Å². The van der Waals surface area contributed by atoms with E-state index in [9.17, 15) is 8.42 Å². The molecule has 0 rings (SSSR count). The summed E-state index contributed by atoms with van der Waals surface area (Å²) in [5, 5.41) is 0.701. The molecule has 5 heteroatoms. The molecule has 0 spiro atoms. The van der Waals surface area contributed by atoms with Gasteiger partial charge in [-0.15, -0.1) is 0 Å². The summed E-state index contributed by atoms with van der Waals surface area (Å²) in [6, 6.07) is 0. The fourth-order valence-electron chi connectivity index (χ4n) is 1.04. The van der Waals surface area contributed by atoms with E-state index in [1.54, 1.807) is 0 Å². The zero-order valence-electron chi connectivity index (χ0n) is 8.29. The van der Waals surface area contributed by atoms with Crippen molar-refractivity contribution in [3.05, 3.63) is 0 Å². The molecule has 3 nitrogen and oxygen atoms in total. The van der Waals surface area contributed by atoms with E-state index in [1.165, 1.54) is 4.31 Å². The van der Waals surface area contributed by atoms with E-state index in [0.29, 0.717) is 18.4 Å². The van der Waals surface area contributed by atoms with Gasteiger partial charge in [0.05, 0.1) is 5.75 Å². The van der Waals surface area contributed by atoms with Gasteiger partial charge in [0.25, 0.3) is 0 Å². The molecule has 0 bridgehead atoms. The van der Waals surface area contributed by atoms with Crippen LogP contribution in [-0.2, 0) is 10.0 Å². The van der Waals surface area contributed by atoms with Crippen LogP contribution in [0.2, 0.25) is 0 Å². The molecule has 0 aromatic heterocycles. The Balaban J connectivity index is 4.21. The van der Waals surface area contributed by atoms with Crippen LogP contribution in [0.5, 0.6) is 0 Å². The summed E-state index contributed by atoms with van der Waals surface area (Å²) in [6.45, 7) is 5.00. The van der Waals surface area contributed by atoms with E-state index < -0.39 is 10.0 Å². The van der Waals surface area contributed by atoms with Gasteiger partial charge in [-0.05, 0) is 6.42 Å². The molecule has 0 saturated carbocycles. The molecule has 0 atom stereocenters. The van der Waals surface area contributed by atoms with Gasteiger partial charge < -0.3 is 0 Å². The summed E-state index contributed by atoms with van der Waals surface area (Å²) >= 11 is 3.25. The Morgan fingerprint density at radius 3 is 2.31 bits per heavy atom. The highest BCUT2D eigenvalue weighted by Crippen LogP contribution is 2.05. The second-order valence-corrected chi connectivity index (χ2v) is 5.73. The van der Waals surface area contributed by atoms with Gasteiger partial charge >= 0.3 is 0 Å². The SMILES string of the molecule is CCCCS(=O)(=O)N(CC)CCBr. The van der Waals surface area contributed by atoms with E-state index in [-0.39, 0.29) is 5.75 Å². The number of alkyl halides is 1. The molecule has 0 aromatic carbocycles. The maximum atomic E-state index is 11.6. The number of rotatable bonds is 7. The minimum Gasteiger partial charge on any atom is -0.212 e. The zero-order valence-corrected chi connectivity index (χ0v) is 10.7. The van der Waals surface area contributed by atoms with Crippen LogP contribution in [0.3, 0.4) is 0 Å². The van der Waals surface area contributed by atoms with Crippen molar-refractivity contribution in [1.82, 2.24) is 4.31 Å². The highest BCUT2D eigenvalue weighted by Gasteiger charge is 2.18. The number of hydrogen-bond acceptors (Lipinski definition) is 2. The molecule has 0 aliphatic rings. The van der Waals surface area contributed by atoms with Crippen molar-refractivity contribution in [1.29, 1.82) is 0 Å². The van der Waals surface area contributed by atoms with Gasteiger partial charge in [0.15, 0.2) is 0 Å². The number of halogens is 1. The van der Waals surface area contributed by atoms with Crippen LogP contribution in [-0.4, -0.2) is 36.9 Å². The van der Waals surface area contributed by atoms with Crippen molar-refractivity contribution in [2.45, 2.75) is 26.7 Å². The Morgan fingerprint density at radius 1 is 1.31 bits per heavy atom. The van der Waals surface area contributed by atoms with Gasteiger partial charge in [-0.3, -0.25) is 0 Å². The third-order valence-corrected chi connectivity index (χ3v) is 4.22. The molecule has 0 aliphatic carbocycles. The zero-order chi connectivity index (χ0) is 10.3. The first kappa shape index (κ1) is 13.4. The van der Waals surface area contributed by atoms with Gasteiger partial charge in [-0.2, -0.15) is 0 Å². The topological polar surface area (TPSA) is 37.4 Å². The lowest BCUT2D eigenvalue weighted by atomic mass is 10.4. The number of hydrogen-bond donors (Lipinski definition) is 0. The fourth-order valence-corrected chi connectivity index (χ4v) is 3.38. The molecule has 0 aromatic rings. The number of unbranched alkanes of at least 4 members (excludes halogenated alkanes) is 1. The van der Waals surface area contributed by atoms with Crippen LogP contribution in [0, 0.1) is 0 Å². The molecule has 0 aliphatic heterocycles. The third kappa shape index (κ3) is 4.98. The molecule has 0 saturated heterocycles. The monoisotopic (exact) mass is 271 g/mol. The van der Waals surface area contributed by atoms with Crippen molar-refractivity contribution in [2.75, 3.05) is 24.2 Å². The fraction of sp³-hybridized carbons (Fsp3) is 1.00. The first-order valence-electron chi connectivity index (χ1n) is 4.62. The first-order valence-corrected chi connectivity index (χ1v) is 7.35. The van der Waals surface area contributed by atoms with Crippen LogP contribution >= 0.6 is 15.9 Å². The molecule has 0 radical (unpaired) electrons. The van der Waals surface area contributed by atoms with Crippen molar-refractivity contribution in [3.8, 4) is 0 Å². The summed E-state index contributed by atoms with van der Waals surface area (Å²) < 4.78 is 24.8. The lowest BCUT2D eigenvalue weighted by Crippen LogP contribution is -2.34. The molecule has 13 heavy (non-hydrogen) atoms. The number of sulfonamides is 1. The Morgan fingerprint density at radius 2 is 1.92 bits per heavy atom. The minimum atomic E-state index is -2.99. The average Bonchev–Trinajstić information content (AvgIpc) is 2.10. The number of nitrogens with zero attached hydrogens (tertiary/aromatic N) is 1. The van der Waals surface area contributed by atoms with Crippen molar-refractivity contribution >= 4 is 26.0 Å². The summed E-state index contributed by atoms with van der Waals surface area (Å²) in [4.78, 5) is 0. The largest absolute Gasteiger partial charge is 0.214 e. The van der Waals surface area contributed by atoms with Crippen LogP contribution in [0.15, 0.2) is 0 Å². The maximum Gasteiger partial charge on any atom is 0.214 e. The molecule has 0 amide bonds. The highest BCUT2D eigenvalue weighted by atomic mass is 79.9. The predicted octanol–water partition coefficient (Wildman–Crippen LogP) is 1.83. The van der Waals surface area contributed by atoms with Crippen molar-refractivity contribution in [2.24, 2.45) is 0 Å². The normalized spacial score (nSPS) is 12.3. The van der Waals surface area contributed by atoms with Gasteiger partial charge in [-0.1, -0.05) is 36.2 Å². The Kier molecular flexibility index (Phi) is 6.99.